The van der Waals surface area contributed by atoms with Gasteiger partial charge in [-0.3, -0.25) is 0 Å². The van der Waals surface area contributed by atoms with E-state index in [4.69, 9.17) is 9.47 Å². The van der Waals surface area contributed by atoms with Gasteiger partial charge in [-0.15, -0.1) is 16.4 Å². The highest BCUT2D eigenvalue weighted by molar-refractivity contribution is 7.99. The average molecular weight is 427 g/mol. The van der Waals surface area contributed by atoms with E-state index in [0.717, 1.165) is 50.9 Å². The van der Waals surface area contributed by atoms with Crippen LogP contribution in [0.4, 0.5) is 0 Å². The number of tetrazole rings is 1. The third kappa shape index (κ3) is 3.83. The van der Waals surface area contributed by atoms with E-state index >= 15 is 0 Å². The summed E-state index contributed by atoms with van der Waals surface area (Å²) in [4.78, 5) is 10.1. The van der Waals surface area contributed by atoms with Gasteiger partial charge in [0.15, 0.2) is 0 Å². The number of thiophene rings is 1. The number of hydrogen-bond acceptors (Lipinski definition) is 9. The average Bonchev–Trinajstić information content (AvgIpc) is 3.50. The highest BCUT2D eigenvalue weighted by Gasteiger charge is 2.20. The largest absolute Gasteiger partial charge is 0.497 e. The van der Waals surface area contributed by atoms with Crippen molar-refractivity contribution in [3.63, 3.8) is 0 Å². The topological polar surface area (TPSA) is 87.8 Å². The van der Waals surface area contributed by atoms with Crippen molar-refractivity contribution in [2.24, 2.45) is 0 Å². The van der Waals surface area contributed by atoms with Crippen molar-refractivity contribution in [2.45, 2.75) is 35.7 Å². The Morgan fingerprint density at radius 2 is 2.17 bits per heavy atom. The van der Waals surface area contributed by atoms with Gasteiger partial charge in [0.05, 0.1) is 30.0 Å². The zero-order valence-electron chi connectivity index (χ0n) is 15.7. The molecule has 1 aliphatic rings. The van der Waals surface area contributed by atoms with Crippen molar-refractivity contribution >= 4 is 33.3 Å². The van der Waals surface area contributed by atoms with Crippen LogP contribution in [0.25, 0.3) is 20.7 Å². The van der Waals surface area contributed by atoms with E-state index in [-0.39, 0.29) is 6.10 Å². The first kappa shape index (κ1) is 18.5. The summed E-state index contributed by atoms with van der Waals surface area (Å²) < 4.78 is 13.8. The molecular weight excluding hydrogens is 408 g/mol. The van der Waals surface area contributed by atoms with E-state index in [2.05, 4.69) is 31.6 Å². The molecule has 0 amide bonds. The van der Waals surface area contributed by atoms with E-state index in [1.54, 1.807) is 29.5 Å². The summed E-state index contributed by atoms with van der Waals surface area (Å²) in [7, 11) is 1.67. The van der Waals surface area contributed by atoms with Crippen molar-refractivity contribution in [3.05, 3.63) is 36.7 Å². The number of aromatic nitrogens is 6. The van der Waals surface area contributed by atoms with Gasteiger partial charge in [0.1, 0.15) is 17.1 Å². The number of nitrogens with zero attached hydrogens (tertiary/aromatic N) is 6. The summed E-state index contributed by atoms with van der Waals surface area (Å²) in [6, 6.07) is 10.1. The summed E-state index contributed by atoms with van der Waals surface area (Å²) >= 11 is 3.12. The quantitative estimate of drug-likeness (QED) is 0.432. The molecule has 0 saturated carbocycles. The zero-order chi connectivity index (χ0) is 19.6. The molecule has 4 aromatic rings. The molecule has 10 heteroatoms. The summed E-state index contributed by atoms with van der Waals surface area (Å²) in [6.45, 7) is 1.47. The van der Waals surface area contributed by atoms with Gasteiger partial charge in [0.2, 0.25) is 5.16 Å². The van der Waals surface area contributed by atoms with Gasteiger partial charge in [-0.1, -0.05) is 0 Å². The summed E-state index contributed by atoms with van der Waals surface area (Å²) in [5.74, 6) is 0.837. The molecule has 3 aromatic heterocycles. The third-order valence-corrected chi connectivity index (χ3v) is 7.03. The monoisotopic (exact) mass is 426 g/mol. The molecule has 5 rings (SSSR count). The number of benzene rings is 1. The minimum Gasteiger partial charge on any atom is -0.497 e. The van der Waals surface area contributed by atoms with E-state index < -0.39 is 0 Å². The Balaban J connectivity index is 1.43. The van der Waals surface area contributed by atoms with Crippen LogP contribution >= 0.6 is 23.1 Å². The second kappa shape index (κ2) is 8.05. The van der Waals surface area contributed by atoms with Gasteiger partial charge in [-0.25, -0.2) is 14.6 Å². The van der Waals surface area contributed by atoms with Crippen LogP contribution in [-0.2, 0) is 11.3 Å². The van der Waals surface area contributed by atoms with Crippen LogP contribution in [0.5, 0.6) is 5.75 Å². The first-order valence-corrected chi connectivity index (χ1v) is 10.9. The molecule has 0 N–H and O–H groups in total. The second-order valence-electron chi connectivity index (χ2n) is 6.61. The van der Waals surface area contributed by atoms with Crippen molar-refractivity contribution < 1.29 is 9.47 Å². The van der Waals surface area contributed by atoms with Gasteiger partial charge in [0.25, 0.3) is 0 Å². The fourth-order valence-corrected chi connectivity index (χ4v) is 5.27. The highest BCUT2D eigenvalue weighted by Crippen LogP contribution is 2.39. The Labute approximate surface area is 175 Å². The van der Waals surface area contributed by atoms with E-state index in [1.807, 2.05) is 24.3 Å². The van der Waals surface area contributed by atoms with E-state index in [0.29, 0.717) is 11.7 Å². The first-order valence-electron chi connectivity index (χ1n) is 9.25. The lowest BCUT2D eigenvalue weighted by Crippen LogP contribution is -2.16. The van der Waals surface area contributed by atoms with Crippen molar-refractivity contribution in [2.75, 3.05) is 13.7 Å². The van der Waals surface area contributed by atoms with Gasteiger partial charge in [-0.05, 0) is 70.9 Å². The fourth-order valence-electron chi connectivity index (χ4n) is 3.25. The van der Waals surface area contributed by atoms with Gasteiger partial charge < -0.3 is 9.47 Å². The Morgan fingerprint density at radius 3 is 2.97 bits per heavy atom. The predicted molar refractivity (Wildman–Crippen MR) is 110 cm³/mol. The summed E-state index contributed by atoms with van der Waals surface area (Å²) in [5, 5.41) is 13.7. The Bertz CT molecular complexity index is 1120. The molecule has 0 spiro atoms. The van der Waals surface area contributed by atoms with Crippen molar-refractivity contribution in [1.29, 1.82) is 0 Å². The lowest BCUT2D eigenvalue weighted by Gasteiger charge is -2.09. The highest BCUT2D eigenvalue weighted by atomic mass is 32.2. The van der Waals surface area contributed by atoms with Gasteiger partial charge in [0, 0.05) is 11.5 Å². The SMILES string of the molecule is COc1ccc(-c2cc3ncnc(Sc4nnnn4CC4CCCO4)c3s2)cc1. The van der Waals surface area contributed by atoms with Crippen LogP contribution in [0, 0.1) is 0 Å². The maximum Gasteiger partial charge on any atom is 0.215 e. The van der Waals surface area contributed by atoms with Crippen LogP contribution in [0.1, 0.15) is 12.8 Å². The first-order chi connectivity index (χ1) is 14.3. The Kier molecular flexibility index (Phi) is 5.13. The number of hydrogen-bond donors (Lipinski definition) is 0. The standard InChI is InChI=1S/C19H18N6O2S2/c1-26-13-6-4-12(5-7-13)16-9-15-17(28-16)18(21-11-20-15)29-19-22-23-24-25(19)10-14-3-2-8-27-14/h4-7,9,11,14H,2-3,8,10H2,1H3. The molecule has 1 aromatic carbocycles. The molecule has 8 nitrogen and oxygen atoms in total. The van der Waals surface area contributed by atoms with Crippen LogP contribution in [0.3, 0.4) is 0 Å². The number of rotatable bonds is 6. The number of methoxy groups -OCH3 is 1. The maximum atomic E-state index is 5.71. The molecule has 1 saturated heterocycles. The fraction of sp³-hybridized carbons (Fsp3) is 0.316. The molecule has 1 fully saturated rings. The van der Waals surface area contributed by atoms with Crippen molar-refractivity contribution in [1.82, 2.24) is 30.2 Å². The third-order valence-electron chi connectivity index (χ3n) is 4.74. The zero-order valence-corrected chi connectivity index (χ0v) is 17.3. The van der Waals surface area contributed by atoms with Crippen LogP contribution < -0.4 is 4.74 Å². The summed E-state index contributed by atoms with van der Waals surface area (Å²) in [6.07, 6.45) is 3.89. The second-order valence-corrected chi connectivity index (χ2v) is 8.62. The Hall–Kier alpha value is -2.56. The van der Waals surface area contributed by atoms with Crippen molar-refractivity contribution in [3.8, 4) is 16.2 Å². The number of fused-ring (bicyclic) bond motifs is 1. The van der Waals surface area contributed by atoms with Gasteiger partial charge in [-0.2, -0.15) is 0 Å². The van der Waals surface area contributed by atoms with Crippen LogP contribution in [-0.4, -0.2) is 50.0 Å². The molecule has 29 heavy (non-hydrogen) atoms. The van der Waals surface area contributed by atoms with Crippen LogP contribution in [0.15, 0.2) is 46.8 Å². The van der Waals surface area contributed by atoms with Gasteiger partial charge >= 0.3 is 0 Å². The minimum absolute atomic E-state index is 0.173. The minimum atomic E-state index is 0.173. The summed E-state index contributed by atoms with van der Waals surface area (Å²) in [5.41, 5.74) is 2.03. The normalized spacial score (nSPS) is 16.5. The predicted octanol–water partition coefficient (Wildman–Crippen LogP) is 3.68. The molecule has 1 aliphatic heterocycles. The smallest absolute Gasteiger partial charge is 0.215 e. The molecule has 0 bridgehead atoms. The number of ether oxygens (including phenoxy) is 2. The maximum absolute atomic E-state index is 5.71. The molecule has 4 heterocycles. The van der Waals surface area contributed by atoms with E-state index in [9.17, 15) is 0 Å². The molecule has 0 aliphatic carbocycles. The molecule has 0 radical (unpaired) electrons. The molecule has 1 atom stereocenters. The molecule has 148 valence electrons. The molecular formula is C19H18N6O2S2. The lowest BCUT2D eigenvalue weighted by molar-refractivity contribution is 0.0912. The van der Waals surface area contributed by atoms with Crippen LogP contribution in [0.2, 0.25) is 0 Å². The lowest BCUT2D eigenvalue weighted by atomic mass is 10.2. The Morgan fingerprint density at radius 1 is 1.28 bits per heavy atom. The van der Waals surface area contributed by atoms with E-state index in [1.165, 1.54) is 11.8 Å². The molecule has 1 unspecified atom stereocenters.